The van der Waals surface area contributed by atoms with Crippen molar-refractivity contribution in [2.45, 2.75) is 11.0 Å². The second kappa shape index (κ2) is 11.0. The largest absolute Gasteiger partial charge is 0.506 e. The number of nitrogens with two attached hydrogens (primary N) is 2. The lowest BCUT2D eigenvalue weighted by atomic mass is 9.85. The summed E-state index contributed by atoms with van der Waals surface area (Å²) in [6.45, 7) is 0. The molecule has 0 aliphatic heterocycles. The van der Waals surface area contributed by atoms with E-state index in [1.54, 1.807) is 0 Å². The minimum Gasteiger partial charge on any atom is -0.506 e. The van der Waals surface area contributed by atoms with E-state index in [0.717, 1.165) is 0 Å². The van der Waals surface area contributed by atoms with Gasteiger partial charge in [0.25, 0.3) is 0 Å². The summed E-state index contributed by atoms with van der Waals surface area (Å²) >= 11 is 52.7. The predicted octanol–water partition coefficient (Wildman–Crippen LogP) is 8.99. The van der Waals surface area contributed by atoms with Gasteiger partial charge in [-0.3, -0.25) is 0 Å². The number of halogens is 8. The molecule has 0 saturated heterocycles. The molecule has 0 aromatic heterocycles. The topological polar surface area (TPSA) is 111 Å². The molecular weight excluding hydrogens is 664 g/mol. The van der Waals surface area contributed by atoms with Crippen LogP contribution in [0.2, 0.25) is 20.1 Å². The van der Waals surface area contributed by atoms with E-state index >= 15 is 0 Å². The summed E-state index contributed by atoms with van der Waals surface area (Å²) in [7, 11) is 0. The molecule has 1 aliphatic rings. The molecule has 6 N–H and O–H groups in total. The van der Waals surface area contributed by atoms with Gasteiger partial charge in [-0.25, -0.2) is 0 Å². The molecule has 0 fully saturated rings. The zero-order valence-electron chi connectivity index (χ0n) is 18.5. The van der Waals surface area contributed by atoms with Crippen molar-refractivity contribution in [1.82, 2.24) is 0 Å². The molecule has 0 bridgehead atoms. The normalized spacial score (nSPS) is 19.6. The van der Waals surface area contributed by atoms with Gasteiger partial charge in [-0.05, 0) is 30.3 Å². The number of benzene rings is 3. The lowest BCUT2D eigenvalue weighted by Crippen LogP contribution is -2.46. The Morgan fingerprint density at radius 2 is 1.29 bits per heavy atom. The molecule has 0 amide bonds. The van der Waals surface area contributed by atoms with Crippen LogP contribution in [0.4, 0.5) is 11.4 Å². The molecule has 3 aromatic rings. The maximum Gasteiger partial charge on any atom is 0.194 e. The van der Waals surface area contributed by atoms with Crippen molar-refractivity contribution in [1.29, 1.82) is 0 Å². The van der Waals surface area contributed by atoms with E-state index < -0.39 is 11.0 Å². The quantitative estimate of drug-likeness (QED) is 0.0706. The summed E-state index contributed by atoms with van der Waals surface area (Å²) in [5, 5.41) is 17.9. The van der Waals surface area contributed by atoms with E-state index in [2.05, 4.69) is 0 Å². The highest BCUT2D eigenvalue weighted by atomic mass is 35.5. The Morgan fingerprint density at radius 1 is 0.737 bits per heavy atom. The minimum absolute atomic E-state index is 0.00292. The van der Waals surface area contributed by atoms with Gasteiger partial charge in [-0.1, -0.05) is 81.2 Å². The Labute approximate surface area is 256 Å². The van der Waals surface area contributed by atoms with Crippen LogP contribution in [0.1, 0.15) is 5.56 Å². The average Bonchev–Trinajstić information content (AvgIpc) is 2.88. The highest BCUT2D eigenvalue weighted by Gasteiger charge is 2.54. The Bertz CT molecular complexity index is 1530. The van der Waals surface area contributed by atoms with Crippen LogP contribution in [0.3, 0.4) is 0 Å². The first kappa shape index (κ1) is 29.2. The van der Waals surface area contributed by atoms with Crippen LogP contribution in [0.15, 0.2) is 63.3 Å². The molecular formula is C24H14Cl8N2O4. The number of allylic oxidation sites excluding steroid dienone is 1. The third-order valence-corrected chi connectivity index (χ3v) is 9.23. The molecule has 4 rings (SSSR count). The molecule has 0 radical (unpaired) electrons. The van der Waals surface area contributed by atoms with Crippen molar-refractivity contribution >= 4 is 104 Å². The second-order valence-corrected chi connectivity index (χ2v) is 11.0. The average molecular weight is 678 g/mol. The Hall–Kier alpha value is -1.74. The zero-order chi connectivity index (χ0) is 28.1. The van der Waals surface area contributed by atoms with E-state index in [-0.39, 0.29) is 80.9 Å². The lowest BCUT2D eigenvalue weighted by molar-refractivity contribution is 0.115. The molecule has 0 heterocycles. The van der Waals surface area contributed by atoms with Gasteiger partial charge in [-0.2, -0.15) is 0 Å². The van der Waals surface area contributed by atoms with Gasteiger partial charge < -0.3 is 31.2 Å². The molecule has 0 saturated carbocycles. The lowest BCUT2D eigenvalue weighted by Gasteiger charge is -2.42. The fourth-order valence-electron chi connectivity index (χ4n) is 3.59. The maximum absolute atomic E-state index is 10.2. The Balaban J connectivity index is 1.96. The van der Waals surface area contributed by atoms with Gasteiger partial charge in [-0.15, -0.1) is 11.6 Å². The van der Waals surface area contributed by atoms with Crippen LogP contribution >= 0.6 is 92.8 Å². The zero-order valence-corrected chi connectivity index (χ0v) is 24.6. The van der Waals surface area contributed by atoms with E-state index in [0.29, 0.717) is 0 Å². The number of anilines is 2. The maximum atomic E-state index is 10.2. The molecule has 2 unspecified atom stereocenters. The van der Waals surface area contributed by atoms with Crippen molar-refractivity contribution < 1.29 is 19.7 Å². The van der Waals surface area contributed by atoms with Gasteiger partial charge >= 0.3 is 0 Å². The number of hydrogen-bond acceptors (Lipinski definition) is 6. The highest BCUT2D eigenvalue weighted by Crippen LogP contribution is 2.56. The fourth-order valence-corrected chi connectivity index (χ4v) is 5.91. The number of alkyl halides is 1. The van der Waals surface area contributed by atoms with E-state index in [1.807, 2.05) is 0 Å². The fraction of sp³-hybridized carbons (Fsp3) is 0.0833. The Morgan fingerprint density at radius 3 is 1.87 bits per heavy atom. The summed E-state index contributed by atoms with van der Waals surface area (Å²) in [6, 6.07) is 9.56. The number of hydrogen-bond donors (Lipinski definition) is 4. The molecule has 14 heteroatoms. The minimum atomic E-state index is -1.97. The first-order valence-corrected chi connectivity index (χ1v) is 13.3. The van der Waals surface area contributed by atoms with Gasteiger partial charge in [0.2, 0.25) is 0 Å². The van der Waals surface area contributed by atoms with Crippen LogP contribution in [0.5, 0.6) is 23.0 Å². The van der Waals surface area contributed by atoms with Crippen molar-refractivity contribution in [3.05, 3.63) is 89.0 Å². The summed E-state index contributed by atoms with van der Waals surface area (Å²) in [5.74, 6) is -0.465. The molecule has 1 aliphatic carbocycles. The van der Waals surface area contributed by atoms with Crippen molar-refractivity contribution in [3.8, 4) is 23.0 Å². The molecule has 0 spiro atoms. The SMILES string of the molecule is Nc1ccc(OC2=C(Cl)C(Cl)C(Oc3ccc(N)c(O)c3)(c3cc(Cl)c(Cl)c(Cl)c3Cl)C(Cl)=C2Cl)cc1O. The van der Waals surface area contributed by atoms with Crippen molar-refractivity contribution in [3.63, 3.8) is 0 Å². The summed E-state index contributed by atoms with van der Waals surface area (Å²) in [4.78, 5) is 0. The monoisotopic (exact) mass is 674 g/mol. The number of aromatic hydroxyl groups is 2. The number of phenolic OH excluding ortho intramolecular Hbond substituents is 2. The van der Waals surface area contributed by atoms with Crippen LogP contribution in [-0.4, -0.2) is 15.6 Å². The molecule has 38 heavy (non-hydrogen) atoms. The smallest absolute Gasteiger partial charge is 0.194 e. The summed E-state index contributed by atoms with van der Waals surface area (Å²) in [6.07, 6.45) is 0. The number of phenols is 2. The highest BCUT2D eigenvalue weighted by molar-refractivity contribution is 6.52. The molecule has 2 atom stereocenters. The van der Waals surface area contributed by atoms with Crippen LogP contribution in [0.25, 0.3) is 0 Å². The van der Waals surface area contributed by atoms with Gasteiger partial charge in [0.15, 0.2) is 11.4 Å². The van der Waals surface area contributed by atoms with Crippen LogP contribution in [0, 0.1) is 0 Å². The molecule has 200 valence electrons. The van der Waals surface area contributed by atoms with Gasteiger partial charge in [0.05, 0.1) is 41.5 Å². The standard InChI is InChI=1S/C24H14Cl8N2O4/c25-11-7-10(16(26)18(28)17(11)27)24(38-9-2-4-13(34)15(36)6-9)22(31)19(29)21(20(30)23(24)32)37-8-1-3-12(33)14(35)5-8/h1-7,22,35-36H,33-34H2. The first-order valence-electron chi connectivity index (χ1n) is 10.3. The van der Waals surface area contributed by atoms with Crippen LogP contribution in [-0.2, 0) is 5.60 Å². The number of rotatable bonds is 5. The predicted molar refractivity (Wildman–Crippen MR) is 156 cm³/mol. The van der Waals surface area contributed by atoms with E-state index in [1.165, 1.54) is 42.5 Å². The van der Waals surface area contributed by atoms with E-state index in [4.69, 9.17) is 114 Å². The Kier molecular flexibility index (Phi) is 8.49. The van der Waals surface area contributed by atoms with E-state index in [9.17, 15) is 10.2 Å². The van der Waals surface area contributed by atoms with Gasteiger partial charge in [0, 0.05) is 17.7 Å². The first-order chi connectivity index (χ1) is 17.8. The van der Waals surface area contributed by atoms with Crippen molar-refractivity contribution in [2.75, 3.05) is 11.5 Å². The number of nitrogen functional groups attached to an aromatic ring is 2. The van der Waals surface area contributed by atoms with Crippen molar-refractivity contribution in [2.24, 2.45) is 0 Å². The molecule has 6 nitrogen and oxygen atoms in total. The van der Waals surface area contributed by atoms with Crippen LogP contribution < -0.4 is 20.9 Å². The second-order valence-electron chi connectivity index (χ2n) is 7.90. The third-order valence-electron chi connectivity index (χ3n) is 5.52. The third kappa shape index (κ3) is 4.98. The molecule has 3 aromatic carbocycles. The summed E-state index contributed by atoms with van der Waals surface area (Å²) < 4.78 is 12.1. The summed E-state index contributed by atoms with van der Waals surface area (Å²) in [5.41, 5.74) is 9.69. The number of ether oxygens (including phenoxy) is 2. The van der Waals surface area contributed by atoms with Gasteiger partial charge in [0.1, 0.15) is 33.4 Å².